The number of hydrogen-bond donors (Lipinski definition) is 1. The number of amides is 1. The molecule has 0 aliphatic heterocycles. The van der Waals surface area contributed by atoms with E-state index >= 15 is 0 Å². The second-order valence-corrected chi connectivity index (χ2v) is 5.35. The van der Waals surface area contributed by atoms with E-state index in [0.29, 0.717) is 23.4 Å². The summed E-state index contributed by atoms with van der Waals surface area (Å²) in [6.07, 6.45) is 0.0000457. The van der Waals surface area contributed by atoms with Crippen molar-refractivity contribution < 1.29 is 32.2 Å². The summed E-state index contributed by atoms with van der Waals surface area (Å²) in [6, 6.07) is 6.26. The maximum Gasteiger partial charge on any atom is 0.328 e. The quantitative estimate of drug-likeness (QED) is 0.798. The number of halogens is 3. The van der Waals surface area contributed by atoms with Crippen molar-refractivity contribution in [3.63, 3.8) is 0 Å². The molecule has 2 rings (SSSR count). The zero-order chi connectivity index (χ0) is 19.3. The fourth-order valence-electron chi connectivity index (χ4n) is 2.36. The van der Waals surface area contributed by atoms with Crippen LogP contribution in [-0.4, -0.2) is 32.1 Å². The number of rotatable bonds is 6. The normalized spacial score (nSPS) is 11.6. The van der Waals surface area contributed by atoms with Crippen molar-refractivity contribution in [1.29, 1.82) is 0 Å². The average molecular weight is 367 g/mol. The predicted molar refractivity (Wildman–Crippen MR) is 86.3 cm³/mol. The molecule has 0 bridgehead atoms. The van der Waals surface area contributed by atoms with Crippen LogP contribution < -0.4 is 10.1 Å². The monoisotopic (exact) mass is 367 g/mol. The third kappa shape index (κ3) is 4.53. The number of hydrogen-bond acceptors (Lipinski definition) is 4. The molecule has 2 aromatic rings. The molecule has 0 saturated heterocycles. The molecule has 0 saturated carbocycles. The van der Waals surface area contributed by atoms with Crippen LogP contribution in [0.5, 0.6) is 5.75 Å². The van der Waals surface area contributed by atoms with Gasteiger partial charge in [-0.05, 0) is 17.7 Å². The van der Waals surface area contributed by atoms with Crippen LogP contribution >= 0.6 is 0 Å². The van der Waals surface area contributed by atoms with E-state index in [1.54, 1.807) is 24.3 Å². The Kier molecular flexibility index (Phi) is 6.21. The SMILES string of the molecule is COC(=O)[C@@H](Cc1cccc(OC)c1)NC(=O)c1c(F)cc(F)cc1F. The predicted octanol–water partition coefficient (Wildman–Crippen LogP) is 2.63. The average Bonchev–Trinajstić information content (AvgIpc) is 2.59. The fraction of sp³-hybridized carbons (Fsp3) is 0.222. The van der Waals surface area contributed by atoms with E-state index in [9.17, 15) is 22.8 Å². The van der Waals surface area contributed by atoms with Gasteiger partial charge in [0.2, 0.25) is 0 Å². The molecule has 2 aromatic carbocycles. The van der Waals surface area contributed by atoms with Gasteiger partial charge in [0.1, 0.15) is 34.8 Å². The third-order valence-corrected chi connectivity index (χ3v) is 3.60. The fourth-order valence-corrected chi connectivity index (χ4v) is 2.36. The third-order valence-electron chi connectivity index (χ3n) is 3.60. The van der Waals surface area contributed by atoms with E-state index in [0.717, 1.165) is 7.11 Å². The van der Waals surface area contributed by atoms with Gasteiger partial charge in [-0.1, -0.05) is 12.1 Å². The number of nitrogens with one attached hydrogen (secondary N) is 1. The molecule has 5 nitrogen and oxygen atoms in total. The maximum atomic E-state index is 13.7. The first kappa shape index (κ1) is 19.3. The maximum absolute atomic E-state index is 13.7. The minimum Gasteiger partial charge on any atom is -0.497 e. The lowest BCUT2D eigenvalue weighted by Crippen LogP contribution is -2.43. The molecule has 0 fully saturated rings. The Morgan fingerprint density at radius 3 is 2.31 bits per heavy atom. The van der Waals surface area contributed by atoms with E-state index < -0.39 is 40.9 Å². The van der Waals surface area contributed by atoms with Crippen LogP contribution in [0, 0.1) is 17.5 Å². The van der Waals surface area contributed by atoms with Crippen LogP contribution in [0.1, 0.15) is 15.9 Å². The van der Waals surface area contributed by atoms with Crippen molar-refractivity contribution >= 4 is 11.9 Å². The number of ether oxygens (including phenoxy) is 2. The molecule has 1 N–H and O–H groups in total. The van der Waals surface area contributed by atoms with Gasteiger partial charge >= 0.3 is 5.97 Å². The van der Waals surface area contributed by atoms with E-state index in [1.807, 2.05) is 0 Å². The van der Waals surface area contributed by atoms with Crippen LogP contribution in [0.3, 0.4) is 0 Å². The van der Waals surface area contributed by atoms with E-state index in [4.69, 9.17) is 4.74 Å². The lowest BCUT2D eigenvalue weighted by Gasteiger charge is -2.17. The summed E-state index contributed by atoms with van der Waals surface area (Å²) >= 11 is 0. The number of esters is 1. The van der Waals surface area contributed by atoms with Crippen molar-refractivity contribution in [2.24, 2.45) is 0 Å². The lowest BCUT2D eigenvalue weighted by molar-refractivity contribution is -0.142. The van der Waals surface area contributed by atoms with Crippen LogP contribution in [0.4, 0.5) is 13.2 Å². The zero-order valence-electron chi connectivity index (χ0n) is 14.0. The highest BCUT2D eigenvalue weighted by atomic mass is 19.1. The van der Waals surface area contributed by atoms with Gasteiger partial charge in [0.25, 0.3) is 5.91 Å². The summed E-state index contributed by atoms with van der Waals surface area (Å²) in [4.78, 5) is 24.1. The molecule has 0 radical (unpaired) electrons. The van der Waals surface area contributed by atoms with Gasteiger partial charge in [-0.15, -0.1) is 0 Å². The lowest BCUT2D eigenvalue weighted by atomic mass is 10.0. The Morgan fingerprint density at radius 2 is 1.73 bits per heavy atom. The Labute approximate surface area is 147 Å². The van der Waals surface area contributed by atoms with Crippen molar-refractivity contribution in [3.05, 3.63) is 65.0 Å². The molecule has 0 aromatic heterocycles. The van der Waals surface area contributed by atoms with Gasteiger partial charge in [-0.25, -0.2) is 18.0 Å². The summed E-state index contributed by atoms with van der Waals surface area (Å²) in [5.41, 5.74) is -0.356. The standard InChI is InChI=1S/C18H16F3NO4/c1-25-12-5-3-4-10(6-12)7-15(18(24)26-2)22-17(23)16-13(20)8-11(19)9-14(16)21/h3-6,8-9,15H,7H2,1-2H3,(H,22,23)/t15-/m1/s1. The van der Waals surface area contributed by atoms with E-state index in [1.165, 1.54) is 7.11 Å². The van der Waals surface area contributed by atoms with Crippen molar-refractivity contribution in [1.82, 2.24) is 5.32 Å². The topological polar surface area (TPSA) is 64.6 Å². The summed E-state index contributed by atoms with van der Waals surface area (Å²) in [7, 11) is 2.59. The van der Waals surface area contributed by atoms with Gasteiger partial charge in [0.15, 0.2) is 0 Å². The molecule has 26 heavy (non-hydrogen) atoms. The Bertz CT molecular complexity index is 803. The number of carbonyl (C=O) groups excluding carboxylic acids is 2. The number of methoxy groups -OCH3 is 2. The first-order valence-corrected chi connectivity index (χ1v) is 7.52. The minimum atomic E-state index is -1.37. The molecule has 8 heteroatoms. The number of carbonyl (C=O) groups is 2. The first-order valence-electron chi connectivity index (χ1n) is 7.52. The summed E-state index contributed by atoms with van der Waals surface area (Å²) in [5.74, 6) is -5.36. The highest BCUT2D eigenvalue weighted by Crippen LogP contribution is 2.17. The highest BCUT2D eigenvalue weighted by molar-refractivity contribution is 5.97. The van der Waals surface area contributed by atoms with Crippen molar-refractivity contribution in [3.8, 4) is 5.75 Å². The van der Waals surface area contributed by atoms with Gasteiger partial charge in [-0.2, -0.15) is 0 Å². The molecule has 0 aliphatic carbocycles. The summed E-state index contributed by atoms with van der Waals surface area (Å²) < 4.78 is 50.2. The molecule has 0 spiro atoms. The minimum absolute atomic E-state index is 0.0000457. The second-order valence-electron chi connectivity index (χ2n) is 5.35. The molecule has 1 amide bonds. The summed E-state index contributed by atoms with van der Waals surface area (Å²) in [5, 5.41) is 2.21. The molecule has 0 unspecified atom stereocenters. The molecular formula is C18H16F3NO4. The largest absolute Gasteiger partial charge is 0.497 e. The van der Waals surface area contributed by atoms with Gasteiger partial charge in [-0.3, -0.25) is 4.79 Å². The summed E-state index contributed by atoms with van der Waals surface area (Å²) in [6.45, 7) is 0. The highest BCUT2D eigenvalue weighted by Gasteiger charge is 2.26. The van der Waals surface area contributed by atoms with E-state index in [2.05, 4.69) is 10.1 Å². The van der Waals surface area contributed by atoms with Crippen molar-refractivity contribution in [2.75, 3.05) is 14.2 Å². The first-order chi connectivity index (χ1) is 12.3. The molecular weight excluding hydrogens is 351 g/mol. The second kappa shape index (κ2) is 8.37. The van der Waals surface area contributed by atoms with Gasteiger partial charge in [0, 0.05) is 18.6 Å². The Balaban J connectivity index is 2.25. The van der Waals surface area contributed by atoms with Crippen LogP contribution in [0.2, 0.25) is 0 Å². The van der Waals surface area contributed by atoms with Crippen LogP contribution in [-0.2, 0) is 16.0 Å². The van der Waals surface area contributed by atoms with Crippen LogP contribution in [0.25, 0.3) is 0 Å². The van der Waals surface area contributed by atoms with Gasteiger partial charge in [0.05, 0.1) is 14.2 Å². The molecule has 0 heterocycles. The van der Waals surface area contributed by atoms with Crippen molar-refractivity contribution in [2.45, 2.75) is 12.5 Å². The zero-order valence-corrected chi connectivity index (χ0v) is 14.0. The number of benzene rings is 2. The molecule has 1 atom stereocenters. The van der Waals surface area contributed by atoms with Gasteiger partial charge < -0.3 is 14.8 Å². The Hall–Kier alpha value is -3.03. The molecule has 0 aliphatic rings. The molecule has 138 valence electrons. The van der Waals surface area contributed by atoms with Crippen LogP contribution in [0.15, 0.2) is 36.4 Å². The Morgan fingerprint density at radius 1 is 1.08 bits per heavy atom. The van der Waals surface area contributed by atoms with E-state index in [-0.39, 0.29) is 6.42 Å². The smallest absolute Gasteiger partial charge is 0.328 e.